The fourth-order valence-corrected chi connectivity index (χ4v) is 2.17. The van der Waals surface area contributed by atoms with E-state index >= 15 is 0 Å². The summed E-state index contributed by atoms with van der Waals surface area (Å²) in [5, 5.41) is 9.13. The number of H-pyrrole nitrogens is 1. The molecule has 5 heteroatoms. The third-order valence-corrected chi connectivity index (χ3v) is 3.13. The van der Waals surface area contributed by atoms with Crippen LogP contribution in [0.3, 0.4) is 0 Å². The van der Waals surface area contributed by atoms with Gasteiger partial charge in [-0.1, -0.05) is 17.7 Å². The van der Waals surface area contributed by atoms with Crippen LogP contribution >= 0.6 is 11.6 Å². The Morgan fingerprint density at radius 3 is 2.84 bits per heavy atom. The second kappa shape index (κ2) is 4.38. The molecule has 19 heavy (non-hydrogen) atoms. The molecule has 2 aromatic carbocycles. The standard InChI is InChI=1S/C14H7ClFN3/c15-9-2-1-3-10(16)13(9)14-18-11-5-4-8(7-17)6-12(11)19-14/h1-6H,(H,18,19). The number of hydrogen-bond donors (Lipinski definition) is 1. The summed E-state index contributed by atoms with van der Waals surface area (Å²) in [6, 6.07) is 11.6. The zero-order valence-corrected chi connectivity index (χ0v) is 10.4. The van der Waals surface area contributed by atoms with Crippen molar-refractivity contribution >= 4 is 22.6 Å². The van der Waals surface area contributed by atoms with Crippen LogP contribution in [0.25, 0.3) is 22.4 Å². The van der Waals surface area contributed by atoms with Crippen molar-refractivity contribution in [3.05, 3.63) is 52.8 Å². The predicted octanol–water partition coefficient (Wildman–Crippen LogP) is 3.89. The molecular formula is C14H7ClFN3. The number of nitrogens with one attached hydrogen (secondary N) is 1. The highest BCUT2D eigenvalue weighted by atomic mass is 35.5. The normalized spacial score (nSPS) is 10.6. The van der Waals surface area contributed by atoms with E-state index in [0.29, 0.717) is 27.4 Å². The van der Waals surface area contributed by atoms with Crippen LogP contribution in [-0.2, 0) is 0 Å². The Balaban J connectivity index is 2.24. The molecule has 0 amide bonds. The van der Waals surface area contributed by atoms with Crippen molar-refractivity contribution < 1.29 is 4.39 Å². The van der Waals surface area contributed by atoms with Gasteiger partial charge in [0, 0.05) is 0 Å². The molecular weight excluding hydrogens is 265 g/mol. The maximum absolute atomic E-state index is 13.8. The molecule has 3 rings (SSSR count). The molecule has 0 aliphatic heterocycles. The maximum Gasteiger partial charge on any atom is 0.142 e. The summed E-state index contributed by atoms with van der Waals surface area (Å²) in [5.41, 5.74) is 2.09. The van der Waals surface area contributed by atoms with Crippen LogP contribution in [0.1, 0.15) is 5.56 Å². The van der Waals surface area contributed by atoms with E-state index in [1.807, 2.05) is 6.07 Å². The van der Waals surface area contributed by atoms with E-state index in [1.165, 1.54) is 12.1 Å². The second-order valence-electron chi connectivity index (χ2n) is 4.03. The first-order chi connectivity index (χ1) is 9.19. The lowest BCUT2D eigenvalue weighted by atomic mass is 10.2. The maximum atomic E-state index is 13.8. The number of nitrogens with zero attached hydrogens (tertiary/aromatic N) is 2. The summed E-state index contributed by atoms with van der Waals surface area (Å²) in [4.78, 5) is 7.27. The molecule has 0 saturated heterocycles. The topological polar surface area (TPSA) is 52.5 Å². The number of benzene rings is 2. The van der Waals surface area contributed by atoms with Gasteiger partial charge in [-0.2, -0.15) is 5.26 Å². The fourth-order valence-electron chi connectivity index (χ4n) is 1.92. The molecule has 92 valence electrons. The lowest BCUT2D eigenvalue weighted by molar-refractivity contribution is 0.630. The van der Waals surface area contributed by atoms with Crippen molar-refractivity contribution in [2.45, 2.75) is 0 Å². The van der Waals surface area contributed by atoms with Crippen LogP contribution < -0.4 is 0 Å². The van der Waals surface area contributed by atoms with Gasteiger partial charge in [0.2, 0.25) is 0 Å². The van der Waals surface area contributed by atoms with E-state index in [2.05, 4.69) is 9.97 Å². The van der Waals surface area contributed by atoms with Gasteiger partial charge in [0.05, 0.1) is 33.3 Å². The first kappa shape index (κ1) is 11.7. The summed E-state index contributed by atoms with van der Waals surface area (Å²) < 4.78 is 13.8. The van der Waals surface area contributed by atoms with Crippen LogP contribution in [0.15, 0.2) is 36.4 Å². The van der Waals surface area contributed by atoms with Crippen molar-refractivity contribution in [2.24, 2.45) is 0 Å². The summed E-state index contributed by atoms with van der Waals surface area (Å²) in [7, 11) is 0. The van der Waals surface area contributed by atoms with Crippen molar-refractivity contribution in [2.75, 3.05) is 0 Å². The Kier molecular flexibility index (Phi) is 2.69. The monoisotopic (exact) mass is 271 g/mol. The Bertz CT molecular complexity index is 797. The van der Waals surface area contributed by atoms with Crippen LogP contribution in [0, 0.1) is 17.1 Å². The van der Waals surface area contributed by atoms with Gasteiger partial charge in [-0.05, 0) is 30.3 Å². The Hall–Kier alpha value is -2.38. The van der Waals surface area contributed by atoms with E-state index in [4.69, 9.17) is 16.9 Å². The number of aromatic amines is 1. The van der Waals surface area contributed by atoms with Crippen LogP contribution in [0.4, 0.5) is 4.39 Å². The van der Waals surface area contributed by atoms with Crippen molar-refractivity contribution in [1.29, 1.82) is 5.26 Å². The number of fused-ring (bicyclic) bond motifs is 1. The van der Waals surface area contributed by atoms with Crippen LogP contribution in [0.5, 0.6) is 0 Å². The second-order valence-corrected chi connectivity index (χ2v) is 4.43. The lowest BCUT2D eigenvalue weighted by Gasteiger charge is -2.01. The van der Waals surface area contributed by atoms with Crippen molar-refractivity contribution in [1.82, 2.24) is 9.97 Å². The molecule has 3 aromatic rings. The van der Waals surface area contributed by atoms with Gasteiger partial charge in [0.25, 0.3) is 0 Å². The van der Waals surface area contributed by atoms with E-state index in [9.17, 15) is 4.39 Å². The molecule has 0 unspecified atom stereocenters. The van der Waals surface area contributed by atoms with Gasteiger partial charge >= 0.3 is 0 Å². The van der Waals surface area contributed by atoms with Gasteiger partial charge in [0.15, 0.2) is 0 Å². The molecule has 0 spiro atoms. The number of hydrogen-bond acceptors (Lipinski definition) is 2. The summed E-state index contributed by atoms with van der Waals surface area (Å²) in [6.45, 7) is 0. The number of rotatable bonds is 1. The molecule has 0 aliphatic carbocycles. The average molecular weight is 272 g/mol. The molecule has 0 radical (unpaired) electrons. The lowest BCUT2D eigenvalue weighted by Crippen LogP contribution is -1.87. The highest BCUT2D eigenvalue weighted by Gasteiger charge is 2.13. The Morgan fingerprint density at radius 2 is 2.11 bits per heavy atom. The van der Waals surface area contributed by atoms with E-state index in [0.717, 1.165) is 0 Å². The molecule has 0 fully saturated rings. The zero-order valence-electron chi connectivity index (χ0n) is 9.61. The summed E-state index contributed by atoms with van der Waals surface area (Å²) in [5.74, 6) is -0.0831. The van der Waals surface area contributed by atoms with Crippen molar-refractivity contribution in [3.63, 3.8) is 0 Å². The molecule has 0 aliphatic rings. The number of halogens is 2. The Morgan fingerprint density at radius 1 is 1.26 bits per heavy atom. The number of nitriles is 1. The minimum atomic E-state index is -0.438. The largest absolute Gasteiger partial charge is 0.338 e. The molecule has 1 aromatic heterocycles. The predicted molar refractivity (Wildman–Crippen MR) is 71.2 cm³/mol. The summed E-state index contributed by atoms with van der Waals surface area (Å²) >= 11 is 6.00. The number of imidazole rings is 1. The fraction of sp³-hybridized carbons (Fsp3) is 0. The van der Waals surface area contributed by atoms with Gasteiger partial charge in [-0.25, -0.2) is 9.37 Å². The van der Waals surface area contributed by atoms with Crippen LogP contribution in [0.2, 0.25) is 5.02 Å². The Labute approximate surface area is 113 Å². The summed E-state index contributed by atoms with van der Waals surface area (Å²) in [6.07, 6.45) is 0. The zero-order chi connectivity index (χ0) is 13.4. The highest BCUT2D eigenvalue weighted by molar-refractivity contribution is 6.33. The van der Waals surface area contributed by atoms with Gasteiger partial charge in [-0.3, -0.25) is 0 Å². The molecule has 1 heterocycles. The minimum absolute atomic E-state index is 0.235. The first-order valence-corrected chi connectivity index (χ1v) is 5.91. The third kappa shape index (κ3) is 1.94. The van der Waals surface area contributed by atoms with Crippen LogP contribution in [-0.4, -0.2) is 9.97 Å². The molecule has 0 bridgehead atoms. The van der Waals surface area contributed by atoms with E-state index < -0.39 is 5.82 Å². The quantitative estimate of drug-likeness (QED) is 0.730. The third-order valence-electron chi connectivity index (χ3n) is 2.81. The molecule has 0 atom stereocenters. The molecule has 1 N–H and O–H groups in total. The van der Waals surface area contributed by atoms with E-state index in [-0.39, 0.29) is 5.56 Å². The molecule has 0 saturated carbocycles. The van der Waals surface area contributed by atoms with Gasteiger partial charge in [-0.15, -0.1) is 0 Å². The van der Waals surface area contributed by atoms with Crippen molar-refractivity contribution in [3.8, 4) is 17.5 Å². The smallest absolute Gasteiger partial charge is 0.142 e. The molecule has 3 nitrogen and oxygen atoms in total. The van der Waals surface area contributed by atoms with Gasteiger partial charge < -0.3 is 4.98 Å². The SMILES string of the molecule is N#Cc1ccc2nc(-c3c(F)cccc3Cl)[nH]c2c1. The first-order valence-electron chi connectivity index (χ1n) is 5.53. The van der Waals surface area contributed by atoms with Gasteiger partial charge in [0.1, 0.15) is 11.6 Å². The average Bonchev–Trinajstić information content (AvgIpc) is 2.80. The minimum Gasteiger partial charge on any atom is -0.338 e. The number of aromatic nitrogens is 2. The highest BCUT2D eigenvalue weighted by Crippen LogP contribution is 2.30. The van der Waals surface area contributed by atoms with E-state index in [1.54, 1.807) is 24.3 Å².